The molecule has 2 amide bonds. The van der Waals surface area contributed by atoms with Crippen molar-refractivity contribution in [1.29, 1.82) is 0 Å². The maximum Gasteiger partial charge on any atom is 0.320 e. The molecule has 7 nitrogen and oxygen atoms in total. The Kier molecular flexibility index (Phi) is 6.37. The van der Waals surface area contributed by atoms with Gasteiger partial charge >= 0.3 is 6.03 Å². The molecule has 0 radical (unpaired) electrons. The maximum absolute atomic E-state index is 12.9. The van der Waals surface area contributed by atoms with Crippen molar-refractivity contribution >= 4 is 23.3 Å². The van der Waals surface area contributed by atoms with Gasteiger partial charge in [0.2, 0.25) is 11.8 Å². The number of methoxy groups -OCH3 is 1. The van der Waals surface area contributed by atoms with E-state index in [9.17, 15) is 4.79 Å². The van der Waals surface area contributed by atoms with Gasteiger partial charge in [-0.05, 0) is 54.4 Å². The summed E-state index contributed by atoms with van der Waals surface area (Å²) in [6, 6.07) is 20.9. The number of carbonyl (C=O) groups excluding carboxylic acids is 1. The molecular weight excluding hydrogens is 428 g/mol. The summed E-state index contributed by atoms with van der Waals surface area (Å²) in [5.74, 6) is 1.16. The molecule has 3 aromatic carbocycles. The summed E-state index contributed by atoms with van der Waals surface area (Å²) in [6.07, 6.45) is 0. The molecule has 2 N–H and O–H groups in total. The first kappa shape index (κ1) is 21.4. The first-order valence-corrected chi connectivity index (χ1v) is 10.3. The minimum atomic E-state index is -0.687. The topological polar surface area (TPSA) is 89.3 Å². The fourth-order valence-corrected chi connectivity index (χ4v) is 3.33. The predicted octanol–water partition coefficient (Wildman–Crippen LogP) is 5.62. The van der Waals surface area contributed by atoms with Crippen LogP contribution in [-0.4, -0.2) is 23.3 Å². The van der Waals surface area contributed by atoms with E-state index in [2.05, 4.69) is 20.8 Å². The molecule has 0 aliphatic carbocycles. The van der Waals surface area contributed by atoms with E-state index >= 15 is 0 Å². The number of aryl methyl sites for hydroxylation is 1. The van der Waals surface area contributed by atoms with E-state index in [1.54, 1.807) is 37.4 Å². The molecule has 1 aromatic heterocycles. The average Bonchev–Trinajstić information content (AvgIpc) is 3.29. The second kappa shape index (κ2) is 9.53. The van der Waals surface area contributed by atoms with Gasteiger partial charge in [0.25, 0.3) is 0 Å². The summed E-state index contributed by atoms with van der Waals surface area (Å²) in [5.41, 5.74) is 3.06. The Morgan fingerprint density at radius 3 is 2.50 bits per heavy atom. The molecule has 0 fully saturated rings. The number of amides is 2. The number of hydrogen-bond donors (Lipinski definition) is 2. The van der Waals surface area contributed by atoms with Gasteiger partial charge in [-0.2, -0.15) is 0 Å². The zero-order valence-electron chi connectivity index (χ0n) is 17.5. The smallest absolute Gasteiger partial charge is 0.320 e. The van der Waals surface area contributed by atoms with E-state index in [0.29, 0.717) is 22.4 Å². The van der Waals surface area contributed by atoms with Crippen molar-refractivity contribution in [3.05, 3.63) is 94.8 Å². The Bertz CT molecular complexity index is 1210. The Morgan fingerprint density at radius 1 is 1.03 bits per heavy atom. The van der Waals surface area contributed by atoms with Crippen LogP contribution in [0.25, 0.3) is 11.5 Å². The fourth-order valence-electron chi connectivity index (χ4n) is 3.20. The van der Waals surface area contributed by atoms with Gasteiger partial charge in [0.1, 0.15) is 11.8 Å². The van der Waals surface area contributed by atoms with Crippen molar-refractivity contribution in [2.45, 2.75) is 13.0 Å². The number of anilines is 1. The van der Waals surface area contributed by atoms with Gasteiger partial charge in [0.15, 0.2) is 0 Å². The zero-order chi connectivity index (χ0) is 22.5. The van der Waals surface area contributed by atoms with Gasteiger partial charge in [-0.15, -0.1) is 10.2 Å². The third-order valence-corrected chi connectivity index (χ3v) is 5.04. The highest BCUT2D eigenvalue weighted by Crippen LogP contribution is 2.28. The van der Waals surface area contributed by atoms with Crippen molar-refractivity contribution in [3.63, 3.8) is 0 Å². The summed E-state index contributed by atoms with van der Waals surface area (Å²) in [4.78, 5) is 12.9. The number of urea groups is 1. The lowest BCUT2D eigenvalue weighted by Crippen LogP contribution is -2.33. The minimum Gasteiger partial charge on any atom is -0.495 e. The quantitative estimate of drug-likeness (QED) is 0.399. The second-order valence-corrected chi connectivity index (χ2v) is 7.53. The van der Waals surface area contributed by atoms with Crippen LogP contribution in [0.5, 0.6) is 5.75 Å². The summed E-state index contributed by atoms with van der Waals surface area (Å²) < 4.78 is 11.3. The van der Waals surface area contributed by atoms with Gasteiger partial charge < -0.3 is 19.8 Å². The molecule has 0 unspecified atom stereocenters. The van der Waals surface area contributed by atoms with Crippen molar-refractivity contribution in [3.8, 4) is 17.2 Å². The van der Waals surface area contributed by atoms with E-state index in [1.165, 1.54) is 0 Å². The fraction of sp³-hybridized carbons (Fsp3) is 0.125. The number of carbonyl (C=O) groups is 1. The van der Waals surface area contributed by atoms with E-state index < -0.39 is 12.1 Å². The molecule has 32 heavy (non-hydrogen) atoms. The molecule has 4 aromatic rings. The molecule has 0 aliphatic rings. The first-order valence-electron chi connectivity index (χ1n) is 9.90. The first-order chi connectivity index (χ1) is 15.5. The van der Waals surface area contributed by atoms with Crippen LogP contribution in [0, 0.1) is 6.92 Å². The number of ether oxygens (including phenoxy) is 1. The van der Waals surface area contributed by atoms with Crippen LogP contribution in [0.15, 0.2) is 77.2 Å². The number of aromatic nitrogens is 2. The van der Waals surface area contributed by atoms with E-state index in [1.807, 2.05) is 49.4 Å². The number of benzene rings is 3. The van der Waals surface area contributed by atoms with Crippen molar-refractivity contribution in [2.24, 2.45) is 0 Å². The van der Waals surface area contributed by atoms with Crippen LogP contribution < -0.4 is 15.4 Å². The van der Waals surface area contributed by atoms with Gasteiger partial charge in [0, 0.05) is 10.6 Å². The lowest BCUT2D eigenvalue weighted by Gasteiger charge is -2.17. The highest BCUT2D eigenvalue weighted by molar-refractivity contribution is 6.30. The van der Waals surface area contributed by atoms with E-state index in [4.69, 9.17) is 20.8 Å². The Morgan fingerprint density at radius 2 is 1.78 bits per heavy atom. The summed E-state index contributed by atoms with van der Waals surface area (Å²) in [5, 5.41) is 14.6. The zero-order valence-corrected chi connectivity index (χ0v) is 18.3. The van der Waals surface area contributed by atoms with Gasteiger partial charge in [-0.1, -0.05) is 48.0 Å². The number of rotatable bonds is 6. The Hall–Kier alpha value is -3.84. The van der Waals surface area contributed by atoms with E-state index in [-0.39, 0.29) is 5.89 Å². The van der Waals surface area contributed by atoms with Crippen LogP contribution in [-0.2, 0) is 0 Å². The van der Waals surface area contributed by atoms with Gasteiger partial charge in [-0.3, -0.25) is 0 Å². The molecule has 4 rings (SSSR count). The molecule has 8 heteroatoms. The number of hydrogen-bond acceptors (Lipinski definition) is 5. The normalized spacial score (nSPS) is 11.6. The highest BCUT2D eigenvalue weighted by atomic mass is 35.5. The highest BCUT2D eigenvalue weighted by Gasteiger charge is 2.24. The third kappa shape index (κ3) is 4.90. The maximum atomic E-state index is 12.9. The Balaban J connectivity index is 1.62. The van der Waals surface area contributed by atoms with Crippen LogP contribution >= 0.6 is 11.6 Å². The predicted molar refractivity (Wildman–Crippen MR) is 123 cm³/mol. The van der Waals surface area contributed by atoms with Crippen LogP contribution in [0.4, 0.5) is 10.5 Å². The molecular formula is C24H21ClN4O3. The monoisotopic (exact) mass is 448 g/mol. The number of nitrogens with zero attached hydrogens (tertiary/aromatic N) is 2. The molecule has 1 heterocycles. The third-order valence-electron chi connectivity index (χ3n) is 4.79. The molecule has 0 saturated heterocycles. The number of nitrogens with one attached hydrogen (secondary N) is 2. The summed E-state index contributed by atoms with van der Waals surface area (Å²) in [7, 11) is 1.55. The van der Waals surface area contributed by atoms with Gasteiger partial charge in [-0.25, -0.2) is 4.79 Å². The second-order valence-electron chi connectivity index (χ2n) is 7.10. The van der Waals surface area contributed by atoms with Crippen LogP contribution in [0.3, 0.4) is 0 Å². The van der Waals surface area contributed by atoms with Crippen molar-refractivity contribution < 1.29 is 13.9 Å². The minimum absolute atomic E-state index is 0.248. The molecule has 0 spiro atoms. The molecule has 1 atom stereocenters. The molecule has 0 aliphatic heterocycles. The average molecular weight is 449 g/mol. The van der Waals surface area contributed by atoms with E-state index in [0.717, 1.165) is 16.7 Å². The van der Waals surface area contributed by atoms with Crippen molar-refractivity contribution in [1.82, 2.24) is 15.5 Å². The SMILES string of the molecule is COc1ccc(C)cc1NC(=O)N[C@@H](c1ccc(Cl)cc1)c1nnc(-c2ccccc2)o1. The molecule has 0 saturated carbocycles. The van der Waals surface area contributed by atoms with Crippen molar-refractivity contribution in [2.75, 3.05) is 12.4 Å². The lowest BCUT2D eigenvalue weighted by molar-refractivity contribution is 0.248. The summed E-state index contributed by atoms with van der Waals surface area (Å²) in [6.45, 7) is 1.93. The molecule has 162 valence electrons. The van der Waals surface area contributed by atoms with Crippen LogP contribution in [0.2, 0.25) is 5.02 Å². The summed E-state index contributed by atoms with van der Waals surface area (Å²) >= 11 is 6.04. The number of halogens is 1. The largest absolute Gasteiger partial charge is 0.495 e. The molecule has 0 bridgehead atoms. The Labute approximate surface area is 190 Å². The van der Waals surface area contributed by atoms with Crippen LogP contribution in [0.1, 0.15) is 23.1 Å². The van der Waals surface area contributed by atoms with Gasteiger partial charge in [0.05, 0.1) is 12.8 Å². The lowest BCUT2D eigenvalue weighted by atomic mass is 10.1. The standard InChI is InChI=1S/C24H21ClN4O3/c1-15-8-13-20(31-2)19(14-15)26-24(30)27-21(16-9-11-18(25)12-10-16)23-29-28-22(32-23)17-6-4-3-5-7-17/h3-14,21H,1-2H3,(H2,26,27,30)/t21-/m0/s1.